The largest absolute Gasteiger partial charge is 0.497 e. The van der Waals surface area contributed by atoms with Crippen molar-refractivity contribution in [2.75, 3.05) is 19.4 Å². The number of rotatable bonds is 3. The fourth-order valence-corrected chi connectivity index (χ4v) is 2.40. The summed E-state index contributed by atoms with van der Waals surface area (Å²) in [7, 11) is 1.65. The Balaban J connectivity index is 1.74. The normalized spacial score (nSPS) is 15.2. The van der Waals surface area contributed by atoms with Crippen LogP contribution in [0.5, 0.6) is 5.75 Å². The van der Waals surface area contributed by atoms with Gasteiger partial charge in [0.1, 0.15) is 17.9 Å². The van der Waals surface area contributed by atoms with E-state index in [4.69, 9.17) is 10.5 Å². The molecular formula is C13H17N5O. The first-order chi connectivity index (χ1) is 9.24. The van der Waals surface area contributed by atoms with Crippen molar-refractivity contribution in [2.45, 2.75) is 19.6 Å². The Morgan fingerprint density at radius 3 is 3.05 bits per heavy atom. The predicted octanol–water partition coefficient (Wildman–Crippen LogP) is 0.885. The maximum absolute atomic E-state index is 5.88. The predicted molar refractivity (Wildman–Crippen MR) is 71.5 cm³/mol. The molecule has 1 aromatic carbocycles. The molecule has 2 aromatic rings. The molecule has 0 atom stereocenters. The van der Waals surface area contributed by atoms with E-state index in [1.54, 1.807) is 13.4 Å². The maximum Gasteiger partial charge on any atom is 0.147 e. The van der Waals surface area contributed by atoms with E-state index in [1.165, 1.54) is 0 Å². The molecule has 0 saturated carbocycles. The summed E-state index contributed by atoms with van der Waals surface area (Å²) in [6.45, 7) is 3.58. The minimum Gasteiger partial charge on any atom is -0.497 e. The van der Waals surface area contributed by atoms with E-state index < -0.39 is 0 Å². The summed E-state index contributed by atoms with van der Waals surface area (Å²) in [5.74, 6) is 1.82. The second-order valence-corrected chi connectivity index (χ2v) is 4.77. The molecule has 0 amide bonds. The Kier molecular flexibility index (Phi) is 3.08. The molecule has 0 aliphatic carbocycles. The summed E-state index contributed by atoms with van der Waals surface area (Å²) < 4.78 is 7.34. The highest BCUT2D eigenvalue weighted by Gasteiger charge is 2.17. The zero-order chi connectivity index (χ0) is 13.2. The van der Waals surface area contributed by atoms with Gasteiger partial charge in [-0.2, -0.15) is 0 Å². The van der Waals surface area contributed by atoms with Gasteiger partial charge >= 0.3 is 0 Å². The Morgan fingerprint density at radius 2 is 2.21 bits per heavy atom. The topological polar surface area (TPSA) is 69.2 Å². The fraction of sp³-hybridized carbons (Fsp3) is 0.385. The molecule has 0 unspecified atom stereocenters. The van der Waals surface area contributed by atoms with Crippen LogP contribution in [0.15, 0.2) is 24.5 Å². The molecule has 0 saturated heterocycles. The van der Waals surface area contributed by atoms with E-state index in [-0.39, 0.29) is 0 Å². The summed E-state index contributed by atoms with van der Waals surface area (Å²) in [5.41, 5.74) is 7.76. The van der Waals surface area contributed by atoms with Crippen LogP contribution >= 0.6 is 0 Å². The van der Waals surface area contributed by atoms with Crippen molar-refractivity contribution in [1.82, 2.24) is 19.7 Å². The molecule has 19 heavy (non-hydrogen) atoms. The van der Waals surface area contributed by atoms with Gasteiger partial charge in [0, 0.05) is 31.4 Å². The number of hydrogen-bond donors (Lipinski definition) is 1. The number of ether oxygens (including phenoxy) is 1. The lowest BCUT2D eigenvalue weighted by molar-refractivity contribution is 0.208. The van der Waals surface area contributed by atoms with E-state index >= 15 is 0 Å². The third kappa shape index (κ3) is 2.53. The molecule has 3 rings (SSSR count). The number of anilines is 1. The van der Waals surface area contributed by atoms with E-state index in [0.29, 0.717) is 0 Å². The van der Waals surface area contributed by atoms with Gasteiger partial charge in [0.2, 0.25) is 0 Å². The number of aromatic nitrogens is 3. The molecule has 2 heterocycles. The van der Waals surface area contributed by atoms with Gasteiger partial charge in [0.25, 0.3) is 0 Å². The lowest BCUT2D eigenvalue weighted by Gasteiger charge is -2.27. The van der Waals surface area contributed by atoms with Crippen molar-refractivity contribution in [3.8, 4) is 5.75 Å². The summed E-state index contributed by atoms with van der Waals surface area (Å²) in [5, 5.41) is 8.05. The first-order valence-corrected chi connectivity index (χ1v) is 6.27. The molecule has 0 radical (unpaired) electrons. The number of benzene rings is 1. The number of nitrogen functional groups attached to an aromatic ring is 1. The van der Waals surface area contributed by atoms with Crippen LogP contribution in [-0.2, 0) is 19.6 Å². The van der Waals surface area contributed by atoms with Gasteiger partial charge in [-0.3, -0.25) is 4.90 Å². The van der Waals surface area contributed by atoms with Crippen LogP contribution in [0.1, 0.15) is 11.4 Å². The number of fused-ring (bicyclic) bond motifs is 1. The zero-order valence-electron chi connectivity index (χ0n) is 10.9. The monoisotopic (exact) mass is 259 g/mol. The van der Waals surface area contributed by atoms with Crippen molar-refractivity contribution < 1.29 is 4.74 Å². The Morgan fingerprint density at radius 1 is 1.32 bits per heavy atom. The maximum atomic E-state index is 5.88. The van der Waals surface area contributed by atoms with Crippen LogP contribution in [0.25, 0.3) is 0 Å². The van der Waals surface area contributed by atoms with Crippen molar-refractivity contribution >= 4 is 5.69 Å². The zero-order valence-corrected chi connectivity index (χ0v) is 10.9. The van der Waals surface area contributed by atoms with E-state index in [0.717, 1.165) is 49.0 Å². The second-order valence-electron chi connectivity index (χ2n) is 4.77. The van der Waals surface area contributed by atoms with Crippen LogP contribution in [0.4, 0.5) is 5.69 Å². The van der Waals surface area contributed by atoms with Crippen LogP contribution in [0.3, 0.4) is 0 Å². The molecule has 0 spiro atoms. The van der Waals surface area contributed by atoms with Crippen molar-refractivity contribution in [1.29, 1.82) is 0 Å². The van der Waals surface area contributed by atoms with E-state index in [1.807, 2.05) is 18.2 Å². The quantitative estimate of drug-likeness (QED) is 0.829. The molecule has 6 heteroatoms. The van der Waals surface area contributed by atoms with Crippen LogP contribution in [0, 0.1) is 0 Å². The van der Waals surface area contributed by atoms with E-state index in [2.05, 4.69) is 19.7 Å². The van der Waals surface area contributed by atoms with Gasteiger partial charge in [0.05, 0.1) is 13.7 Å². The molecule has 0 bridgehead atoms. The minimum absolute atomic E-state index is 0.731. The van der Waals surface area contributed by atoms with E-state index in [9.17, 15) is 0 Å². The molecule has 1 aliphatic rings. The molecule has 1 aliphatic heterocycles. The van der Waals surface area contributed by atoms with Gasteiger partial charge in [-0.05, 0) is 17.7 Å². The van der Waals surface area contributed by atoms with Gasteiger partial charge in [-0.25, -0.2) is 0 Å². The SMILES string of the molecule is COc1cc(N)cc(CN2CCn3cnnc3C2)c1. The number of nitrogens with zero attached hydrogens (tertiary/aromatic N) is 4. The first-order valence-electron chi connectivity index (χ1n) is 6.27. The molecule has 6 nitrogen and oxygen atoms in total. The third-order valence-electron chi connectivity index (χ3n) is 3.35. The lowest BCUT2D eigenvalue weighted by atomic mass is 10.1. The lowest BCUT2D eigenvalue weighted by Crippen LogP contribution is -2.33. The first kappa shape index (κ1) is 12.0. The Labute approximate surface area is 111 Å². The minimum atomic E-state index is 0.731. The highest BCUT2D eigenvalue weighted by atomic mass is 16.5. The second kappa shape index (κ2) is 4.89. The van der Waals surface area contributed by atoms with Crippen molar-refractivity contribution in [3.05, 3.63) is 35.9 Å². The highest BCUT2D eigenvalue weighted by molar-refractivity contribution is 5.47. The Hall–Kier alpha value is -2.08. The summed E-state index contributed by atoms with van der Waals surface area (Å²) >= 11 is 0. The molecular weight excluding hydrogens is 242 g/mol. The summed E-state index contributed by atoms with van der Waals surface area (Å²) in [6, 6.07) is 5.84. The van der Waals surface area contributed by atoms with Gasteiger partial charge in [-0.15, -0.1) is 10.2 Å². The molecule has 1 aromatic heterocycles. The number of methoxy groups -OCH3 is 1. The third-order valence-corrected chi connectivity index (χ3v) is 3.35. The van der Waals surface area contributed by atoms with Crippen molar-refractivity contribution in [3.63, 3.8) is 0 Å². The number of hydrogen-bond acceptors (Lipinski definition) is 5. The standard InChI is InChI=1S/C13H17N5O/c1-19-12-5-10(4-11(14)6-12)7-17-2-3-18-9-15-16-13(18)8-17/h4-6,9H,2-3,7-8,14H2,1H3. The summed E-state index contributed by atoms with van der Waals surface area (Å²) in [6.07, 6.45) is 1.79. The van der Waals surface area contributed by atoms with Crippen molar-refractivity contribution in [2.24, 2.45) is 0 Å². The summed E-state index contributed by atoms with van der Waals surface area (Å²) in [4.78, 5) is 2.33. The highest BCUT2D eigenvalue weighted by Crippen LogP contribution is 2.21. The van der Waals surface area contributed by atoms with Gasteiger partial charge < -0.3 is 15.0 Å². The van der Waals surface area contributed by atoms with Gasteiger partial charge in [0.15, 0.2) is 0 Å². The van der Waals surface area contributed by atoms with Crippen LogP contribution < -0.4 is 10.5 Å². The molecule has 2 N–H and O–H groups in total. The fourth-order valence-electron chi connectivity index (χ4n) is 2.40. The number of nitrogens with two attached hydrogens (primary N) is 1. The smallest absolute Gasteiger partial charge is 0.147 e. The Bertz CT molecular complexity index is 580. The average molecular weight is 259 g/mol. The molecule has 0 fully saturated rings. The van der Waals surface area contributed by atoms with Crippen LogP contribution in [0.2, 0.25) is 0 Å². The molecule has 100 valence electrons. The average Bonchev–Trinajstić information content (AvgIpc) is 2.85. The van der Waals surface area contributed by atoms with Gasteiger partial charge in [-0.1, -0.05) is 0 Å². The van der Waals surface area contributed by atoms with Crippen LogP contribution in [-0.4, -0.2) is 33.3 Å².